The summed E-state index contributed by atoms with van der Waals surface area (Å²) in [5.74, 6) is 3.97. The van der Waals surface area contributed by atoms with Crippen molar-refractivity contribution in [2.75, 3.05) is 13.7 Å². The van der Waals surface area contributed by atoms with Crippen LogP contribution in [-0.4, -0.2) is 28.4 Å². The average molecular weight is 455 g/mol. The van der Waals surface area contributed by atoms with E-state index in [1.54, 1.807) is 24.3 Å². The number of methoxy groups -OCH3 is 1. The maximum Gasteiger partial charge on any atom is 0.348 e. The molecule has 0 unspecified atom stereocenters. The lowest BCUT2D eigenvalue weighted by Gasteiger charge is -2.16. The molecule has 0 radical (unpaired) electrons. The maximum atomic E-state index is 13.2. The fourth-order valence-corrected chi connectivity index (χ4v) is 3.94. The lowest BCUT2D eigenvalue weighted by Crippen LogP contribution is -2.25. The molecule has 1 aromatic heterocycles. The molecular weight excluding hydrogens is 428 g/mol. The van der Waals surface area contributed by atoms with E-state index in [-0.39, 0.29) is 18.9 Å². The van der Waals surface area contributed by atoms with Gasteiger partial charge in [-0.2, -0.15) is 4.98 Å². The SMILES string of the molecule is C#CCOc1ccc2c(c1)c(-c1ccc(C(C)C)cc1)nc(=O)n2Cc1c(O)cccc1OC. The van der Waals surface area contributed by atoms with Crippen LogP contribution in [-0.2, 0) is 6.54 Å². The molecule has 0 aliphatic carbocycles. The van der Waals surface area contributed by atoms with Crippen molar-refractivity contribution < 1.29 is 14.6 Å². The van der Waals surface area contributed by atoms with Crippen LogP contribution in [0.25, 0.3) is 22.2 Å². The summed E-state index contributed by atoms with van der Waals surface area (Å²) in [6.45, 7) is 4.49. The Bertz CT molecular complexity index is 1430. The molecule has 0 bridgehead atoms. The number of aromatic nitrogens is 2. The first-order chi connectivity index (χ1) is 16.4. The smallest absolute Gasteiger partial charge is 0.348 e. The molecule has 1 N–H and O–H groups in total. The van der Waals surface area contributed by atoms with E-state index in [0.717, 1.165) is 10.9 Å². The normalized spacial score (nSPS) is 10.9. The number of hydrogen-bond acceptors (Lipinski definition) is 5. The predicted molar refractivity (Wildman–Crippen MR) is 134 cm³/mol. The lowest BCUT2D eigenvalue weighted by atomic mass is 9.99. The highest BCUT2D eigenvalue weighted by molar-refractivity contribution is 5.93. The van der Waals surface area contributed by atoms with Gasteiger partial charge in [0.15, 0.2) is 0 Å². The number of phenolic OH excluding ortho intramolecular Hbond substituents is 1. The number of aromatic hydroxyl groups is 1. The Morgan fingerprint density at radius 2 is 1.88 bits per heavy atom. The van der Waals surface area contributed by atoms with Crippen LogP contribution in [0.15, 0.2) is 65.5 Å². The van der Waals surface area contributed by atoms with E-state index in [1.807, 2.05) is 36.4 Å². The summed E-state index contributed by atoms with van der Waals surface area (Å²) in [5.41, 5.74) is 3.30. The zero-order valence-electron chi connectivity index (χ0n) is 19.4. The monoisotopic (exact) mass is 454 g/mol. The van der Waals surface area contributed by atoms with Gasteiger partial charge >= 0.3 is 5.69 Å². The van der Waals surface area contributed by atoms with Crippen molar-refractivity contribution in [3.8, 4) is 40.8 Å². The molecule has 3 aromatic carbocycles. The van der Waals surface area contributed by atoms with E-state index in [1.165, 1.54) is 17.2 Å². The van der Waals surface area contributed by atoms with Crippen molar-refractivity contribution in [1.82, 2.24) is 9.55 Å². The van der Waals surface area contributed by atoms with Gasteiger partial charge in [0.1, 0.15) is 23.9 Å². The minimum Gasteiger partial charge on any atom is -0.507 e. The zero-order valence-corrected chi connectivity index (χ0v) is 19.4. The highest BCUT2D eigenvalue weighted by Gasteiger charge is 2.17. The third kappa shape index (κ3) is 4.46. The van der Waals surface area contributed by atoms with E-state index in [4.69, 9.17) is 15.9 Å². The molecule has 0 aliphatic heterocycles. The quantitative estimate of drug-likeness (QED) is 0.400. The lowest BCUT2D eigenvalue weighted by molar-refractivity contribution is 0.371. The van der Waals surface area contributed by atoms with Crippen molar-refractivity contribution in [1.29, 1.82) is 0 Å². The van der Waals surface area contributed by atoms with Crippen molar-refractivity contribution in [3.05, 3.63) is 82.3 Å². The molecule has 4 rings (SSSR count). The molecule has 0 saturated carbocycles. The highest BCUT2D eigenvalue weighted by Crippen LogP contribution is 2.32. The Balaban J connectivity index is 1.92. The average Bonchev–Trinajstić information content (AvgIpc) is 2.85. The second-order valence-corrected chi connectivity index (χ2v) is 8.24. The molecule has 0 fully saturated rings. The van der Waals surface area contributed by atoms with Gasteiger partial charge in [-0.1, -0.05) is 50.1 Å². The Hall–Kier alpha value is -4.24. The Morgan fingerprint density at radius 3 is 2.56 bits per heavy atom. The topological polar surface area (TPSA) is 73.6 Å². The summed E-state index contributed by atoms with van der Waals surface area (Å²) >= 11 is 0. The van der Waals surface area contributed by atoms with Crippen LogP contribution < -0.4 is 15.2 Å². The number of ether oxygens (including phenoxy) is 2. The summed E-state index contributed by atoms with van der Waals surface area (Å²) in [4.78, 5) is 17.7. The first kappa shape index (κ1) is 22.9. The van der Waals surface area contributed by atoms with E-state index >= 15 is 0 Å². The third-order valence-corrected chi connectivity index (χ3v) is 5.77. The minimum atomic E-state index is -0.432. The second-order valence-electron chi connectivity index (χ2n) is 8.24. The molecular formula is C28H26N2O4. The van der Waals surface area contributed by atoms with Gasteiger partial charge in [0, 0.05) is 10.9 Å². The molecule has 0 amide bonds. The molecule has 1 heterocycles. The predicted octanol–water partition coefficient (Wildman–Crippen LogP) is 4.96. The molecule has 6 heteroatoms. The molecule has 4 aromatic rings. The van der Waals surface area contributed by atoms with Crippen LogP contribution in [0.2, 0.25) is 0 Å². The van der Waals surface area contributed by atoms with Crippen LogP contribution in [0.5, 0.6) is 17.2 Å². The summed E-state index contributed by atoms with van der Waals surface area (Å²) in [6.07, 6.45) is 5.35. The van der Waals surface area contributed by atoms with Crippen LogP contribution in [0.3, 0.4) is 0 Å². The summed E-state index contributed by atoms with van der Waals surface area (Å²) in [5, 5.41) is 11.2. The molecule has 0 aliphatic rings. The number of hydrogen-bond donors (Lipinski definition) is 1. The number of benzene rings is 3. The van der Waals surface area contributed by atoms with Gasteiger partial charge in [-0.3, -0.25) is 4.57 Å². The van der Waals surface area contributed by atoms with Crippen LogP contribution >= 0.6 is 0 Å². The first-order valence-electron chi connectivity index (χ1n) is 11.0. The van der Waals surface area contributed by atoms with Crippen molar-refractivity contribution in [2.45, 2.75) is 26.3 Å². The standard InChI is InChI=1S/C28H26N2O4/c1-5-15-34-21-13-14-24-22(16-21)27(20-11-9-19(10-12-20)18(2)3)29-28(32)30(24)17-23-25(31)7-6-8-26(23)33-4/h1,6-14,16,18,31H,15,17H2,2-4H3. The van der Waals surface area contributed by atoms with Crippen LogP contribution in [0, 0.1) is 12.3 Å². The Labute approximate surface area is 198 Å². The molecule has 34 heavy (non-hydrogen) atoms. The van der Waals surface area contributed by atoms with E-state index in [0.29, 0.717) is 34.2 Å². The zero-order chi connectivity index (χ0) is 24.2. The number of phenols is 1. The number of fused-ring (bicyclic) bond motifs is 1. The molecule has 0 saturated heterocycles. The Morgan fingerprint density at radius 1 is 1.12 bits per heavy atom. The van der Waals surface area contributed by atoms with Gasteiger partial charge < -0.3 is 14.6 Å². The first-order valence-corrected chi connectivity index (χ1v) is 11.0. The second kappa shape index (κ2) is 9.72. The fourth-order valence-electron chi connectivity index (χ4n) is 3.94. The van der Waals surface area contributed by atoms with E-state index in [9.17, 15) is 9.90 Å². The Kier molecular flexibility index (Phi) is 6.55. The highest BCUT2D eigenvalue weighted by atomic mass is 16.5. The van der Waals surface area contributed by atoms with E-state index in [2.05, 4.69) is 24.8 Å². The number of terminal acetylenes is 1. The summed E-state index contributed by atoms with van der Waals surface area (Å²) in [6, 6.07) is 18.4. The van der Waals surface area contributed by atoms with Gasteiger partial charge in [0.2, 0.25) is 0 Å². The van der Waals surface area contributed by atoms with E-state index < -0.39 is 5.69 Å². The molecule has 0 atom stereocenters. The van der Waals surface area contributed by atoms with Gasteiger partial charge in [-0.05, 0) is 41.8 Å². The molecule has 0 spiro atoms. The van der Waals surface area contributed by atoms with Gasteiger partial charge in [0.25, 0.3) is 0 Å². The van der Waals surface area contributed by atoms with Crippen molar-refractivity contribution in [2.24, 2.45) is 0 Å². The number of rotatable bonds is 7. The maximum absolute atomic E-state index is 13.2. The van der Waals surface area contributed by atoms with Gasteiger partial charge in [0.05, 0.1) is 30.4 Å². The number of nitrogens with zero attached hydrogens (tertiary/aromatic N) is 2. The van der Waals surface area contributed by atoms with Crippen LogP contribution in [0.1, 0.15) is 30.9 Å². The molecule has 172 valence electrons. The minimum absolute atomic E-state index is 0.0433. The van der Waals surface area contributed by atoms with Crippen molar-refractivity contribution in [3.63, 3.8) is 0 Å². The molecule has 6 nitrogen and oxygen atoms in total. The summed E-state index contributed by atoms with van der Waals surface area (Å²) < 4.78 is 12.6. The van der Waals surface area contributed by atoms with Gasteiger partial charge in [-0.15, -0.1) is 6.42 Å². The largest absolute Gasteiger partial charge is 0.507 e. The van der Waals surface area contributed by atoms with Crippen molar-refractivity contribution >= 4 is 10.9 Å². The third-order valence-electron chi connectivity index (χ3n) is 5.77. The van der Waals surface area contributed by atoms with Gasteiger partial charge in [-0.25, -0.2) is 4.79 Å². The van der Waals surface area contributed by atoms with Crippen LogP contribution in [0.4, 0.5) is 0 Å². The fraction of sp³-hybridized carbons (Fsp3) is 0.214. The summed E-state index contributed by atoms with van der Waals surface area (Å²) in [7, 11) is 1.52.